The van der Waals surface area contributed by atoms with E-state index in [1.165, 1.54) is 31.4 Å². The molecule has 1 N–H and O–H groups in total. The average Bonchev–Trinajstić information content (AvgIpc) is 2.60. The Bertz CT molecular complexity index is 1060. The standard InChI is InChI=1S/C17H14BrN3O3S/c1-21-16(22)10-11-19-17(21)20-25(23,24)15-8-4-13(5-9-15)12-2-6-14(18)7-3-12/h2-11H,1H3,(H,19,20). The van der Waals surface area contributed by atoms with Gasteiger partial charge in [0.05, 0.1) is 4.90 Å². The van der Waals surface area contributed by atoms with Gasteiger partial charge < -0.3 is 0 Å². The van der Waals surface area contributed by atoms with E-state index in [-0.39, 0.29) is 16.4 Å². The van der Waals surface area contributed by atoms with Gasteiger partial charge in [0, 0.05) is 23.8 Å². The van der Waals surface area contributed by atoms with Gasteiger partial charge in [-0.1, -0.05) is 40.2 Å². The Morgan fingerprint density at radius 3 is 2.12 bits per heavy atom. The number of nitrogens with one attached hydrogen (secondary N) is 1. The molecule has 0 bridgehead atoms. The summed E-state index contributed by atoms with van der Waals surface area (Å²) in [5.41, 5.74) is 1.53. The fraction of sp³-hybridized carbons (Fsp3) is 0.0588. The Kier molecular flexibility index (Phi) is 4.73. The number of benzene rings is 2. The number of nitrogens with zero attached hydrogens (tertiary/aromatic N) is 2. The summed E-state index contributed by atoms with van der Waals surface area (Å²) in [6, 6.07) is 15.5. The normalized spacial score (nSPS) is 11.3. The van der Waals surface area contributed by atoms with E-state index in [1.807, 2.05) is 24.3 Å². The van der Waals surface area contributed by atoms with Crippen LogP contribution in [0, 0.1) is 0 Å². The van der Waals surface area contributed by atoms with Gasteiger partial charge in [0.1, 0.15) is 0 Å². The molecule has 0 aliphatic rings. The third-order valence-electron chi connectivity index (χ3n) is 3.63. The number of rotatable bonds is 4. The molecule has 1 aromatic heterocycles. The molecule has 2 aromatic carbocycles. The van der Waals surface area contributed by atoms with Crippen LogP contribution in [0.2, 0.25) is 0 Å². The van der Waals surface area contributed by atoms with Gasteiger partial charge in [-0.2, -0.15) is 0 Å². The fourth-order valence-electron chi connectivity index (χ4n) is 2.22. The van der Waals surface area contributed by atoms with Crippen molar-refractivity contribution in [3.05, 3.63) is 75.6 Å². The molecule has 0 aliphatic heterocycles. The van der Waals surface area contributed by atoms with E-state index in [9.17, 15) is 13.2 Å². The number of sulfonamides is 1. The highest BCUT2D eigenvalue weighted by Crippen LogP contribution is 2.23. The average molecular weight is 420 g/mol. The molecule has 0 saturated heterocycles. The second-order valence-electron chi connectivity index (χ2n) is 5.30. The zero-order valence-corrected chi connectivity index (χ0v) is 15.6. The minimum atomic E-state index is -3.84. The van der Waals surface area contributed by atoms with Gasteiger partial charge in [0.15, 0.2) is 0 Å². The van der Waals surface area contributed by atoms with Crippen molar-refractivity contribution in [2.45, 2.75) is 4.90 Å². The van der Waals surface area contributed by atoms with Crippen LogP contribution >= 0.6 is 15.9 Å². The van der Waals surface area contributed by atoms with Crippen LogP contribution in [-0.4, -0.2) is 18.0 Å². The van der Waals surface area contributed by atoms with Crippen molar-refractivity contribution in [1.29, 1.82) is 0 Å². The number of hydrogen-bond donors (Lipinski definition) is 1. The van der Waals surface area contributed by atoms with E-state index in [2.05, 4.69) is 25.6 Å². The molecule has 0 fully saturated rings. The van der Waals surface area contributed by atoms with E-state index in [4.69, 9.17) is 0 Å². The monoisotopic (exact) mass is 419 g/mol. The van der Waals surface area contributed by atoms with Crippen molar-refractivity contribution in [3.63, 3.8) is 0 Å². The summed E-state index contributed by atoms with van der Waals surface area (Å²) in [5.74, 6) is -0.0375. The number of anilines is 1. The van der Waals surface area contributed by atoms with Crippen LogP contribution in [0.1, 0.15) is 0 Å². The highest BCUT2D eigenvalue weighted by molar-refractivity contribution is 9.10. The number of hydrogen-bond acceptors (Lipinski definition) is 4. The number of aromatic nitrogens is 2. The predicted molar refractivity (Wildman–Crippen MR) is 99.9 cm³/mol. The van der Waals surface area contributed by atoms with Gasteiger partial charge in [0.25, 0.3) is 15.6 Å². The van der Waals surface area contributed by atoms with E-state index >= 15 is 0 Å². The second-order valence-corrected chi connectivity index (χ2v) is 7.90. The molecule has 0 aliphatic carbocycles. The van der Waals surface area contributed by atoms with Crippen LogP contribution in [0.5, 0.6) is 0 Å². The fourth-order valence-corrected chi connectivity index (χ4v) is 3.52. The Morgan fingerprint density at radius 2 is 1.52 bits per heavy atom. The van der Waals surface area contributed by atoms with Crippen molar-refractivity contribution in [1.82, 2.24) is 9.55 Å². The van der Waals surface area contributed by atoms with Crippen LogP contribution < -0.4 is 10.3 Å². The maximum absolute atomic E-state index is 12.5. The van der Waals surface area contributed by atoms with Crippen molar-refractivity contribution in [2.75, 3.05) is 4.72 Å². The third kappa shape index (κ3) is 3.80. The Labute approximate surface area is 153 Å². The van der Waals surface area contributed by atoms with Gasteiger partial charge in [-0.3, -0.25) is 9.36 Å². The second kappa shape index (κ2) is 6.81. The van der Waals surface area contributed by atoms with Crippen molar-refractivity contribution in [3.8, 4) is 11.1 Å². The van der Waals surface area contributed by atoms with E-state index in [1.54, 1.807) is 12.1 Å². The summed E-state index contributed by atoms with van der Waals surface area (Å²) in [4.78, 5) is 15.6. The maximum Gasteiger partial charge on any atom is 0.264 e. The van der Waals surface area contributed by atoms with Gasteiger partial charge in [-0.15, -0.1) is 0 Å². The van der Waals surface area contributed by atoms with Crippen LogP contribution in [0.25, 0.3) is 11.1 Å². The smallest absolute Gasteiger partial charge is 0.264 e. The first-order valence-electron chi connectivity index (χ1n) is 7.28. The zero-order valence-electron chi connectivity index (χ0n) is 13.2. The molecule has 25 heavy (non-hydrogen) atoms. The summed E-state index contributed by atoms with van der Waals surface area (Å²) in [6.45, 7) is 0. The summed E-state index contributed by atoms with van der Waals surface area (Å²) in [6.07, 6.45) is 1.26. The molecule has 0 unspecified atom stereocenters. The molecule has 1 heterocycles. The molecule has 0 spiro atoms. The maximum atomic E-state index is 12.5. The molecule has 8 heteroatoms. The Morgan fingerprint density at radius 1 is 0.960 bits per heavy atom. The number of halogens is 1. The minimum Gasteiger partial charge on any atom is -0.281 e. The first-order chi connectivity index (χ1) is 11.9. The molecule has 3 aromatic rings. The zero-order chi connectivity index (χ0) is 18.0. The first-order valence-corrected chi connectivity index (χ1v) is 9.55. The van der Waals surface area contributed by atoms with Crippen LogP contribution in [0.4, 0.5) is 5.95 Å². The largest absolute Gasteiger partial charge is 0.281 e. The molecule has 0 radical (unpaired) electrons. The molecular weight excluding hydrogens is 406 g/mol. The quantitative estimate of drug-likeness (QED) is 0.704. The topological polar surface area (TPSA) is 81.1 Å². The van der Waals surface area contributed by atoms with Crippen molar-refractivity contribution >= 4 is 31.9 Å². The lowest BCUT2D eigenvalue weighted by Gasteiger charge is -2.10. The molecule has 128 valence electrons. The van der Waals surface area contributed by atoms with Crippen molar-refractivity contribution < 1.29 is 8.42 Å². The first kappa shape index (κ1) is 17.4. The Hall–Kier alpha value is -2.45. The molecule has 3 rings (SSSR count). The molecule has 0 saturated carbocycles. The van der Waals surface area contributed by atoms with Gasteiger partial charge in [-0.05, 0) is 35.4 Å². The van der Waals surface area contributed by atoms with Crippen LogP contribution in [0.15, 0.2) is 75.0 Å². The SMILES string of the molecule is Cn1c(NS(=O)(=O)c2ccc(-c3ccc(Br)cc3)cc2)nccc1=O. The van der Waals surface area contributed by atoms with Crippen molar-refractivity contribution in [2.24, 2.45) is 7.05 Å². The highest BCUT2D eigenvalue weighted by Gasteiger charge is 2.16. The van der Waals surface area contributed by atoms with Crippen LogP contribution in [-0.2, 0) is 17.1 Å². The lowest BCUT2D eigenvalue weighted by Crippen LogP contribution is -2.24. The van der Waals surface area contributed by atoms with Gasteiger partial charge >= 0.3 is 0 Å². The summed E-state index contributed by atoms with van der Waals surface area (Å²) >= 11 is 3.38. The molecule has 6 nitrogen and oxygen atoms in total. The molecule has 0 amide bonds. The van der Waals surface area contributed by atoms with E-state index < -0.39 is 10.0 Å². The lowest BCUT2D eigenvalue weighted by atomic mass is 10.1. The van der Waals surface area contributed by atoms with Gasteiger partial charge in [-0.25, -0.2) is 18.1 Å². The lowest BCUT2D eigenvalue weighted by molar-refractivity contribution is 0.600. The molecule has 0 atom stereocenters. The van der Waals surface area contributed by atoms with Gasteiger partial charge in [0.2, 0.25) is 5.95 Å². The third-order valence-corrected chi connectivity index (χ3v) is 5.50. The summed E-state index contributed by atoms with van der Waals surface area (Å²) < 4.78 is 29.4. The summed E-state index contributed by atoms with van der Waals surface area (Å²) in [7, 11) is -2.39. The van der Waals surface area contributed by atoms with Crippen LogP contribution in [0.3, 0.4) is 0 Å². The summed E-state index contributed by atoms with van der Waals surface area (Å²) in [5, 5.41) is 0. The minimum absolute atomic E-state index is 0.0375. The predicted octanol–water partition coefficient (Wildman–Crippen LogP) is 3.01. The molecular formula is C17H14BrN3O3S. The van der Waals surface area contributed by atoms with E-state index in [0.717, 1.165) is 20.2 Å². The van der Waals surface area contributed by atoms with E-state index in [0.29, 0.717) is 0 Å². The highest BCUT2D eigenvalue weighted by atomic mass is 79.9. The Balaban J connectivity index is 1.89.